The fraction of sp³-hybridized carbons (Fsp3) is 0.314. The fourth-order valence-electron chi connectivity index (χ4n) is 5.86. The second kappa shape index (κ2) is 13.6. The molecule has 0 saturated carbocycles. The molecular formula is C35H37NO8. The van der Waals surface area contributed by atoms with Gasteiger partial charge in [-0.3, -0.25) is 4.79 Å². The van der Waals surface area contributed by atoms with Gasteiger partial charge >= 0.3 is 5.97 Å². The van der Waals surface area contributed by atoms with Crippen molar-refractivity contribution in [3.05, 3.63) is 100 Å². The lowest BCUT2D eigenvalue weighted by Crippen LogP contribution is -2.36. The third-order valence-corrected chi connectivity index (χ3v) is 7.87. The van der Waals surface area contributed by atoms with Crippen LogP contribution < -0.4 is 24.3 Å². The molecule has 0 unspecified atom stereocenters. The van der Waals surface area contributed by atoms with E-state index in [0.717, 1.165) is 11.3 Å². The second-order valence-corrected chi connectivity index (χ2v) is 10.6. The van der Waals surface area contributed by atoms with Crippen LogP contribution in [-0.4, -0.2) is 50.9 Å². The van der Waals surface area contributed by atoms with Crippen LogP contribution in [-0.2, 0) is 14.3 Å². The lowest BCUT2D eigenvalue weighted by molar-refractivity contribution is -0.140. The van der Waals surface area contributed by atoms with E-state index in [1.807, 2.05) is 62.4 Å². The van der Waals surface area contributed by atoms with Crippen LogP contribution in [0.1, 0.15) is 49.7 Å². The normalized spacial score (nSPS) is 17.9. The Hall–Kier alpha value is -4.92. The molecule has 1 aliphatic carbocycles. The summed E-state index contributed by atoms with van der Waals surface area (Å²) in [6, 6.07) is 19.9. The van der Waals surface area contributed by atoms with Crippen LogP contribution in [0, 0.1) is 0 Å². The number of nitrogens with one attached hydrogen (secondary N) is 1. The standard InChI is InChI=1S/C35H37NO8/c1-5-42-30-20-23(11-13-27(30)37)33-32(35(39)44-16-15-43-25-9-7-6-8-10-25)21(2)36-26-17-24(18-28(38)34(26)33)22-12-14-29(40-3)31(19-22)41-4/h6-14,19-20,24,33,36-37H,5,15-18H2,1-4H3/t24-,33+/m0/s1. The molecular weight excluding hydrogens is 562 g/mol. The van der Waals surface area contributed by atoms with E-state index in [4.69, 9.17) is 23.7 Å². The Morgan fingerprint density at radius 3 is 2.34 bits per heavy atom. The lowest BCUT2D eigenvalue weighted by Gasteiger charge is -2.37. The molecule has 0 spiro atoms. The van der Waals surface area contributed by atoms with Crippen molar-refractivity contribution in [2.75, 3.05) is 34.0 Å². The van der Waals surface area contributed by atoms with Crippen LogP contribution >= 0.6 is 0 Å². The van der Waals surface area contributed by atoms with Crippen LogP contribution in [0.25, 0.3) is 0 Å². The SMILES string of the molecule is CCOc1cc([C@@H]2C(C(=O)OCCOc3ccccc3)=C(C)NC3=C2C(=O)C[C@@H](c2ccc(OC)c(OC)c2)C3)ccc1O. The summed E-state index contributed by atoms with van der Waals surface area (Å²) < 4.78 is 27.9. The Labute approximate surface area is 257 Å². The van der Waals surface area contributed by atoms with Crippen molar-refractivity contribution in [1.82, 2.24) is 5.32 Å². The first-order valence-electron chi connectivity index (χ1n) is 14.6. The Kier molecular flexibility index (Phi) is 9.43. The molecule has 5 rings (SSSR count). The predicted molar refractivity (Wildman–Crippen MR) is 164 cm³/mol. The van der Waals surface area contributed by atoms with E-state index in [0.29, 0.717) is 52.7 Å². The minimum atomic E-state index is -0.715. The number of ketones is 1. The molecule has 0 radical (unpaired) electrons. The monoisotopic (exact) mass is 599 g/mol. The summed E-state index contributed by atoms with van der Waals surface area (Å²) >= 11 is 0. The predicted octanol–water partition coefficient (Wildman–Crippen LogP) is 5.79. The maximum atomic E-state index is 14.0. The summed E-state index contributed by atoms with van der Waals surface area (Å²) in [6.07, 6.45) is 0.795. The topological polar surface area (TPSA) is 113 Å². The first-order valence-corrected chi connectivity index (χ1v) is 14.6. The average molecular weight is 600 g/mol. The third kappa shape index (κ3) is 6.37. The Balaban J connectivity index is 1.47. The van der Waals surface area contributed by atoms with Crippen molar-refractivity contribution in [2.45, 2.75) is 38.5 Å². The Bertz CT molecular complexity index is 1590. The number of hydrogen-bond donors (Lipinski definition) is 2. The van der Waals surface area contributed by atoms with Gasteiger partial charge < -0.3 is 34.1 Å². The molecule has 0 aromatic heterocycles. The van der Waals surface area contributed by atoms with Crippen molar-refractivity contribution >= 4 is 11.8 Å². The molecule has 2 aliphatic rings. The largest absolute Gasteiger partial charge is 0.504 e. The van der Waals surface area contributed by atoms with Crippen LogP contribution in [0.3, 0.4) is 0 Å². The van der Waals surface area contributed by atoms with E-state index >= 15 is 0 Å². The summed E-state index contributed by atoms with van der Waals surface area (Å²) in [4.78, 5) is 27.7. The highest BCUT2D eigenvalue weighted by Crippen LogP contribution is 2.47. The minimum absolute atomic E-state index is 0.0230. The Morgan fingerprint density at radius 2 is 1.61 bits per heavy atom. The van der Waals surface area contributed by atoms with Crippen molar-refractivity contribution in [1.29, 1.82) is 0 Å². The average Bonchev–Trinajstić information content (AvgIpc) is 3.03. The van der Waals surface area contributed by atoms with Gasteiger partial charge in [0.2, 0.25) is 0 Å². The van der Waals surface area contributed by atoms with E-state index in [1.165, 1.54) is 6.07 Å². The first kappa shape index (κ1) is 30.5. The molecule has 3 aromatic rings. The van der Waals surface area contributed by atoms with Gasteiger partial charge in [-0.15, -0.1) is 0 Å². The van der Waals surface area contributed by atoms with Gasteiger partial charge in [0.25, 0.3) is 0 Å². The maximum Gasteiger partial charge on any atom is 0.336 e. The highest BCUT2D eigenvalue weighted by atomic mass is 16.6. The number of phenolic OH excluding ortho intramolecular Hbond substituents is 1. The number of aromatic hydroxyl groups is 1. The minimum Gasteiger partial charge on any atom is -0.504 e. The van der Waals surface area contributed by atoms with Gasteiger partial charge in [-0.25, -0.2) is 4.79 Å². The number of rotatable bonds is 11. The number of carbonyl (C=O) groups excluding carboxylic acids is 2. The van der Waals surface area contributed by atoms with Crippen LogP contribution in [0.5, 0.6) is 28.7 Å². The summed E-state index contributed by atoms with van der Waals surface area (Å²) in [5, 5.41) is 13.8. The number of dihydropyridines is 1. The molecule has 230 valence electrons. The molecule has 44 heavy (non-hydrogen) atoms. The highest BCUT2D eigenvalue weighted by Gasteiger charge is 2.42. The number of benzene rings is 3. The highest BCUT2D eigenvalue weighted by molar-refractivity contribution is 6.04. The summed E-state index contributed by atoms with van der Waals surface area (Å²) in [5.74, 6) is 0.680. The first-order chi connectivity index (χ1) is 21.3. The summed E-state index contributed by atoms with van der Waals surface area (Å²) in [7, 11) is 3.16. The molecule has 0 fully saturated rings. The van der Waals surface area contributed by atoms with Crippen LogP contribution in [0.15, 0.2) is 89.3 Å². The number of ether oxygens (including phenoxy) is 5. The van der Waals surface area contributed by atoms with E-state index < -0.39 is 11.9 Å². The molecule has 0 bridgehead atoms. The van der Waals surface area contributed by atoms with Gasteiger partial charge in [-0.1, -0.05) is 30.3 Å². The van der Waals surface area contributed by atoms with Gasteiger partial charge in [0.05, 0.1) is 26.4 Å². The fourth-order valence-corrected chi connectivity index (χ4v) is 5.86. The number of esters is 1. The zero-order chi connectivity index (χ0) is 31.2. The number of methoxy groups -OCH3 is 2. The second-order valence-electron chi connectivity index (χ2n) is 10.6. The van der Waals surface area contributed by atoms with Crippen molar-refractivity contribution < 1.29 is 38.4 Å². The molecule has 2 N–H and O–H groups in total. The number of para-hydroxylation sites is 1. The summed E-state index contributed by atoms with van der Waals surface area (Å²) in [5.41, 5.74) is 3.77. The zero-order valence-corrected chi connectivity index (χ0v) is 25.3. The van der Waals surface area contributed by atoms with E-state index in [9.17, 15) is 14.7 Å². The maximum absolute atomic E-state index is 14.0. The number of hydrogen-bond acceptors (Lipinski definition) is 9. The molecule has 0 saturated heterocycles. The van der Waals surface area contributed by atoms with E-state index in [2.05, 4.69) is 5.32 Å². The van der Waals surface area contributed by atoms with Crippen molar-refractivity contribution in [2.24, 2.45) is 0 Å². The van der Waals surface area contributed by atoms with Crippen LogP contribution in [0.2, 0.25) is 0 Å². The molecule has 2 atom stereocenters. The number of carbonyl (C=O) groups is 2. The van der Waals surface area contributed by atoms with Crippen molar-refractivity contribution in [3.63, 3.8) is 0 Å². The lowest BCUT2D eigenvalue weighted by atomic mass is 9.71. The van der Waals surface area contributed by atoms with Crippen molar-refractivity contribution in [3.8, 4) is 28.7 Å². The quantitative estimate of drug-likeness (QED) is 0.209. The van der Waals surface area contributed by atoms with E-state index in [-0.39, 0.29) is 42.8 Å². The van der Waals surface area contributed by atoms with Gasteiger partial charge in [0.1, 0.15) is 19.0 Å². The molecule has 3 aromatic carbocycles. The molecule has 9 nitrogen and oxygen atoms in total. The van der Waals surface area contributed by atoms with Gasteiger partial charge in [0.15, 0.2) is 28.8 Å². The molecule has 1 aliphatic heterocycles. The van der Waals surface area contributed by atoms with Gasteiger partial charge in [0, 0.05) is 29.3 Å². The smallest absolute Gasteiger partial charge is 0.336 e. The van der Waals surface area contributed by atoms with Gasteiger partial charge in [-0.05, 0) is 73.7 Å². The van der Waals surface area contributed by atoms with E-state index in [1.54, 1.807) is 26.4 Å². The molecule has 9 heteroatoms. The number of Topliss-reactive ketones (excluding diaryl/α,β-unsaturated/α-hetero) is 1. The van der Waals surface area contributed by atoms with Gasteiger partial charge in [-0.2, -0.15) is 0 Å². The zero-order valence-electron chi connectivity index (χ0n) is 25.3. The molecule has 1 heterocycles. The third-order valence-electron chi connectivity index (χ3n) is 7.87. The molecule has 0 amide bonds. The summed E-state index contributed by atoms with van der Waals surface area (Å²) in [6.45, 7) is 4.17. The number of allylic oxidation sites excluding steroid dienone is 3. The Morgan fingerprint density at radius 1 is 0.886 bits per heavy atom. The van der Waals surface area contributed by atoms with Crippen LogP contribution in [0.4, 0.5) is 0 Å². The number of phenols is 1.